The average molecular weight is 262 g/mol. The standard InChI is InChI=1S/C14H22N2OSi/c1-18(2,3)10-9-17-11-16-8-7-12-13(15)5-4-6-14(12)16/h4-8H,9-11,15H2,1-3H3. The smallest absolute Gasteiger partial charge is 0.122 e. The fraction of sp³-hybridized carbons (Fsp3) is 0.429. The lowest BCUT2D eigenvalue weighted by molar-refractivity contribution is 0.0902. The van der Waals surface area contributed by atoms with Crippen LogP contribution in [0, 0.1) is 0 Å². The van der Waals surface area contributed by atoms with Gasteiger partial charge in [-0.1, -0.05) is 25.7 Å². The Labute approximate surface area is 110 Å². The maximum atomic E-state index is 5.93. The van der Waals surface area contributed by atoms with Crippen molar-refractivity contribution in [3.63, 3.8) is 0 Å². The maximum Gasteiger partial charge on any atom is 0.122 e. The third kappa shape index (κ3) is 3.14. The van der Waals surface area contributed by atoms with Crippen molar-refractivity contribution in [1.29, 1.82) is 0 Å². The molecule has 0 atom stereocenters. The summed E-state index contributed by atoms with van der Waals surface area (Å²) in [6, 6.07) is 9.24. The lowest BCUT2D eigenvalue weighted by Gasteiger charge is -2.15. The lowest BCUT2D eigenvalue weighted by atomic mass is 10.2. The first kappa shape index (κ1) is 13.2. The molecule has 1 aromatic heterocycles. The van der Waals surface area contributed by atoms with Crippen LogP contribution in [0.3, 0.4) is 0 Å². The third-order valence-electron chi connectivity index (χ3n) is 3.07. The molecule has 2 rings (SSSR count). The van der Waals surface area contributed by atoms with E-state index in [2.05, 4.69) is 30.3 Å². The van der Waals surface area contributed by atoms with Crippen LogP contribution in [0.15, 0.2) is 30.5 Å². The van der Waals surface area contributed by atoms with Crippen LogP contribution in [0.5, 0.6) is 0 Å². The summed E-state index contributed by atoms with van der Waals surface area (Å²) in [5.74, 6) is 0. The highest BCUT2D eigenvalue weighted by molar-refractivity contribution is 6.76. The molecule has 3 nitrogen and oxygen atoms in total. The minimum Gasteiger partial charge on any atom is -0.398 e. The van der Waals surface area contributed by atoms with Crippen molar-refractivity contribution >= 4 is 24.7 Å². The van der Waals surface area contributed by atoms with Gasteiger partial charge in [-0.2, -0.15) is 0 Å². The number of nitrogen functional groups attached to an aromatic ring is 1. The van der Waals surface area contributed by atoms with Crippen molar-refractivity contribution in [2.24, 2.45) is 0 Å². The van der Waals surface area contributed by atoms with Crippen LogP contribution in [-0.2, 0) is 11.5 Å². The van der Waals surface area contributed by atoms with Crippen molar-refractivity contribution in [2.75, 3.05) is 12.3 Å². The van der Waals surface area contributed by atoms with Gasteiger partial charge in [0.2, 0.25) is 0 Å². The van der Waals surface area contributed by atoms with Gasteiger partial charge in [-0.25, -0.2) is 0 Å². The second-order valence-electron chi connectivity index (χ2n) is 5.91. The summed E-state index contributed by atoms with van der Waals surface area (Å²) in [4.78, 5) is 0. The average Bonchev–Trinajstić information content (AvgIpc) is 2.68. The summed E-state index contributed by atoms with van der Waals surface area (Å²) in [6.45, 7) is 8.54. The van der Waals surface area contributed by atoms with Gasteiger partial charge in [0.1, 0.15) is 6.73 Å². The molecule has 0 amide bonds. The molecule has 0 aliphatic carbocycles. The molecular formula is C14H22N2OSi. The first-order valence-corrected chi connectivity index (χ1v) is 10.1. The van der Waals surface area contributed by atoms with Crippen molar-refractivity contribution in [1.82, 2.24) is 4.57 Å². The minimum atomic E-state index is -0.996. The molecule has 0 fully saturated rings. The predicted octanol–water partition coefficient (Wildman–Crippen LogP) is 3.54. The van der Waals surface area contributed by atoms with Crippen LogP contribution in [0.1, 0.15) is 0 Å². The molecular weight excluding hydrogens is 240 g/mol. The first-order chi connectivity index (χ1) is 8.47. The van der Waals surface area contributed by atoms with Crippen LogP contribution in [0.25, 0.3) is 10.9 Å². The molecule has 0 radical (unpaired) electrons. The van der Waals surface area contributed by atoms with Gasteiger partial charge >= 0.3 is 0 Å². The largest absolute Gasteiger partial charge is 0.398 e. The highest BCUT2D eigenvalue weighted by atomic mass is 28.3. The molecule has 0 unspecified atom stereocenters. The number of rotatable bonds is 5. The zero-order valence-electron chi connectivity index (χ0n) is 11.4. The van der Waals surface area contributed by atoms with E-state index < -0.39 is 8.07 Å². The predicted molar refractivity (Wildman–Crippen MR) is 80.5 cm³/mol. The zero-order chi connectivity index (χ0) is 13.2. The topological polar surface area (TPSA) is 40.2 Å². The van der Waals surface area contributed by atoms with E-state index in [1.165, 1.54) is 6.04 Å². The molecule has 0 aliphatic rings. The summed E-state index contributed by atoms with van der Waals surface area (Å²) in [6.07, 6.45) is 2.04. The Bertz CT molecular complexity index is 528. The zero-order valence-corrected chi connectivity index (χ0v) is 12.4. The molecule has 0 spiro atoms. The number of aromatic nitrogens is 1. The Balaban J connectivity index is 1.98. The van der Waals surface area contributed by atoms with Crippen LogP contribution < -0.4 is 5.73 Å². The fourth-order valence-corrected chi connectivity index (χ4v) is 2.66. The van der Waals surface area contributed by atoms with E-state index in [0.717, 1.165) is 23.2 Å². The number of nitrogens with zero attached hydrogens (tertiary/aromatic N) is 1. The van der Waals surface area contributed by atoms with Gasteiger partial charge in [0.15, 0.2) is 0 Å². The Morgan fingerprint density at radius 1 is 1.22 bits per heavy atom. The number of benzene rings is 1. The second-order valence-corrected chi connectivity index (χ2v) is 11.5. The number of hydrogen-bond donors (Lipinski definition) is 1. The summed E-state index contributed by atoms with van der Waals surface area (Å²) in [5, 5.41) is 1.10. The minimum absolute atomic E-state index is 0.609. The van der Waals surface area contributed by atoms with Gasteiger partial charge in [-0.15, -0.1) is 0 Å². The van der Waals surface area contributed by atoms with E-state index in [0.29, 0.717) is 6.73 Å². The van der Waals surface area contributed by atoms with E-state index in [9.17, 15) is 0 Å². The molecule has 4 heteroatoms. The summed E-state index contributed by atoms with van der Waals surface area (Å²) in [5.41, 5.74) is 7.90. The molecule has 2 N–H and O–H groups in total. The number of hydrogen-bond acceptors (Lipinski definition) is 2. The second kappa shape index (κ2) is 5.16. The molecule has 0 saturated carbocycles. The number of ether oxygens (including phenoxy) is 1. The summed E-state index contributed by atoms with van der Waals surface area (Å²) in [7, 11) is -0.996. The number of nitrogens with two attached hydrogens (primary N) is 1. The Morgan fingerprint density at radius 2 is 2.00 bits per heavy atom. The number of anilines is 1. The summed E-state index contributed by atoms with van der Waals surface area (Å²) >= 11 is 0. The van der Waals surface area contributed by atoms with Crippen molar-refractivity contribution < 1.29 is 4.74 Å². The normalized spacial score (nSPS) is 12.2. The van der Waals surface area contributed by atoms with Gasteiger partial charge in [-0.3, -0.25) is 0 Å². The Morgan fingerprint density at radius 3 is 2.72 bits per heavy atom. The van der Waals surface area contributed by atoms with Crippen LogP contribution in [0.2, 0.25) is 25.7 Å². The highest BCUT2D eigenvalue weighted by Gasteiger charge is 2.12. The molecule has 1 aromatic carbocycles. The lowest BCUT2D eigenvalue weighted by Crippen LogP contribution is -2.21. The van der Waals surface area contributed by atoms with Gasteiger partial charge in [0.25, 0.3) is 0 Å². The molecule has 98 valence electrons. The van der Waals surface area contributed by atoms with E-state index >= 15 is 0 Å². The van der Waals surface area contributed by atoms with Crippen molar-refractivity contribution in [2.45, 2.75) is 32.4 Å². The third-order valence-corrected chi connectivity index (χ3v) is 4.78. The summed E-state index contributed by atoms with van der Waals surface area (Å²) < 4.78 is 7.87. The molecule has 0 bridgehead atoms. The first-order valence-electron chi connectivity index (χ1n) is 6.38. The van der Waals surface area contributed by atoms with Gasteiger partial charge < -0.3 is 15.0 Å². The highest BCUT2D eigenvalue weighted by Crippen LogP contribution is 2.21. The molecule has 1 heterocycles. The quantitative estimate of drug-likeness (QED) is 0.508. The SMILES string of the molecule is C[Si](C)(C)CCOCn1ccc2c(N)cccc21. The van der Waals surface area contributed by atoms with E-state index in [1.54, 1.807) is 0 Å². The van der Waals surface area contributed by atoms with Crippen LogP contribution >= 0.6 is 0 Å². The monoisotopic (exact) mass is 262 g/mol. The van der Waals surface area contributed by atoms with E-state index in [1.807, 2.05) is 24.4 Å². The molecule has 2 aromatic rings. The molecule has 0 aliphatic heterocycles. The number of fused-ring (bicyclic) bond motifs is 1. The van der Waals surface area contributed by atoms with Crippen LogP contribution in [-0.4, -0.2) is 19.2 Å². The fourth-order valence-electron chi connectivity index (χ4n) is 1.90. The van der Waals surface area contributed by atoms with Gasteiger partial charge in [0.05, 0.1) is 5.52 Å². The maximum absolute atomic E-state index is 5.93. The van der Waals surface area contributed by atoms with Gasteiger partial charge in [-0.05, 0) is 24.2 Å². The van der Waals surface area contributed by atoms with E-state index in [4.69, 9.17) is 10.5 Å². The van der Waals surface area contributed by atoms with Crippen molar-refractivity contribution in [3.8, 4) is 0 Å². The van der Waals surface area contributed by atoms with Crippen molar-refractivity contribution in [3.05, 3.63) is 30.5 Å². The Kier molecular flexibility index (Phi) is 3.78. The Hall–Kier alpha value is -1.26. The molecule has 0 saturated heterocycles. The van der Waals surface area contributed by atoms with Crippen LogP contribution in [0.4, 0.5) is 5.69 Å². The molecule has 18 heavy (non-hydrogen) atoms. The van der Waals surface area contributed by atoms with Gasteiger partial charge in [0, 0.05) is 32.0 Å². The van der Waals surface area contributed by atoms with E-state index in [-0.39, 0.29) is 0 Å².